The largest absolute Gasteiger partial charge is 0.369 e. The van der Waals surface area contributed by atoms with Gasteiger partial charge in [-0.1, -0.05) is 6.92 Å². The van der Waals surface area contributed by atoms with E-state index in [2.05, 4.69) is 57.9 Å². The SMILES string of the molecule is CCc1nn(C)cc1Cn1c(N)nc2cc(I)ccc21. The highest BCUT2D eigenvalue weighted by Gasteiger charge is 2.12. The minimum absolute atomic E-state index is 0.549. The minimum atomic E-state index is 0.549. The number of nitrogens with zero attached hydrogens (tertiary/aromatic N) is 4. The van der Waals surface area contributed by atoms with Crippen molar-refractivity contribution in [2.24, 2.45) is 7.05 Å². The maximum Gasteiger partial charge on any atom is 0.201 e. The Morgan fingerprint density at radius 3 is 2.90 bits per heavy atom. The molecule has 3 aromatic rings. The zero-order chi connectivity index (χ0) is 14.3. The lowest BCUT2D eigenvalue weighted by Crippen LogP contribution is -2.05. The molecule has 0 radical (unpaired) electrons. The van der Waals surface area contributed by atoms with Crippen molar-refractivity contribution in [1.29, 1.82) is 0 Å². The van der Waals surface area contributed by atoms with Crippen LogP contribution in [0.15, 0.2) is 24.4 Å². The molecule has 0 atom stereocenters. The third-order valence-electron chi connectivity index (χ3n) is 3.39. The standard InChI is InChI=1S/C14H16IN5/c1-3-11-9(7-19(2)18-11)8-20-13-5-4-10(15)6-12(13)17-14(20)16/h4-7H,3,8H2,1-2H3,(H2,16,17). The van der Waals surface area contributed by atoms with Gasteiger partial charge in [0.2, 0.25) is 5.95 Å². The van der Waals surface area contributed by atoms with Gasteiger partial charge in [-0.3, -0.25) is 4.68 Å². The number of fused-ring (bicyclic) bond motifs is 1. The van der Waals surface area contributed by atoms with Crippen molar-refractivity contribution in [1.82, 2.24) is 19.3 Å². The maximum atomic E-state index is 6.07. The molecule has 2 heterocycles. The van der Waals surface area contributed by atoms with E-state index in [1.54, 1.807) is 0 Å². The van der Waals surface area contributed by atoms with E-state index in [0.29, 0.717) is 12.5 Å². The number of rotatable bonds is 3. The molecule has 5 nitrogen and oxygen atoms in total. The second-order valence-corrected chi connectivity index (χ2v) is 6.06. The monoisotopic (exact) mass is 381 g/mol. The first-order valence-electron chi connectivity index (χ1n) is 6.51. The molecule has 2 aromatic heterocycles. The quantitative estimate of drug-likeness (QED) is 0.710. The zero-order valence-electron chi connectivity index (χ0n) is 11.5. The molecule has 0 saturated heterocycles. The lowest BCUT2D eigenvalue weighted by Gasteiger charge is -2.06. The Kier molecular flexibility index (Phi) is 3.41. The number of nitrogen functional groups attached to an aromatic ring is 1. The molecule has 0 unspecified atom stereocenters. The molecule has 2 N–H and O–H groups in total. The first-order chi connectivity index (χ1) is 9.58. The Balaban J connectivity index is 2.08. The number of aryl methyl sites for hydroxylation is 2. The van der Waals surface area contributed by atoms with Gasteiger partial charge in [0, 0.05) is 22.4 Å². The molecule has 0 aliphatic carbocycles. The predicted molar refractivity (Wildman–Crippen MR) is 88.6 cm³/mol. The highest BCUT2D eigenvalue weighted by Crippen LogP contribution is 2.22. The first kappa shape index (κ1) is 13.4. The van der Waals surface area contributed by atoms with Crippen molar-refractivity contribution >= 4 is 39.6 Å². The number of hydrogen-bond acceptors (Lipinski definition) is 3. The number of nitrogens with two attached hydrogens (primary N) is 1. The van der Waals surface area contributed by atoms with Crippen molar-refractivity contribution in [2.45, 2.75) is 19.9 Å². The van der Waals surface area contributed by atoms with Gasteiger partial charge in [-0.05, 0) is 47.2 Å². The number of benzene rings is 1. The van der Waals surface area contributed by atoms with Crippen LogP contribution in [0, 0.1) is 3.57 Å². The molecule has 0 spiro atoms. The van der Waals surface area contributed by atoms with E-state index in [-0.39, 0.29) is 0 Å². The molecule has 0 saturated carbocycles. The fraction of sp³-hybridized carbons (Fsp3) is 0.286. The lowest BCUT2D eigenvalue weighted by atomic mass is 10.2. The van der Waals surface area contributed by atoms with E-state index < -0.39 is 0 Å². The van der Waals surface area contributed by atoms with Crippen molar-refractivity contribution in [2.75, 3.05) is 5.73 Å². The van der Waals surface area contributed by atoms with Crippen molar-refractivity contribution in [3.05, 3.63) is 39.2 Å². The molecular weight excluding hydrogens is 365 g/mol. The Morgan fingerprint density at radius 2 is 2.15 bits per heavy atom. The second-order valence-electron chi connectivity index (χ2n) is 4.82. The maximum absolute atomic E-state index is 6.07. The van der Waals surface area contributed by atoms with Gasteiger partial charge in [0.05, 0.1) is 23.3 Å². The fourth-order valence-corrected chi connectivity index (χ4v) is 2.95. The third kappa shape index (κ3) is 2.28. The zero-order valence-corrected chi connectivity index (χ0v) is 13.6. The first-order valence-corrected chi connectivity index (χ1v) is 7.59. The number of imidazole rings is 1. The summed E-state index contributed by atoms with van der Waals surface area (Å²) in [4.78, 5) is 4.44. The summed E-state index contributed by atoms with van der Waals surface area (Å²) in [7, 11) is 1.94. The predicted octanol–water partition coefficient (Wildman–Crippen LogP) is 2.57. The molecule has 6 heteroatoms. The summed E-state index contributed by atoms with van der Waals surface area (Å²) in [5, 5.41) is 4.47. The van der Waals surface area contributed by atoms with Crippen LogP contribution in [0.3, 0.4) is 0 Å². The van der Waals surface area contributed by atoms with Gasteiger partial charge in [0.15, 0.2) is 0 Å². The molecule has 1 aromatic carbocycles. The summed E-state index contributed by atoms with van der Waals surface area (Å²) in [5.74, 6) is 0.549. The minimum Gasteiger partial charge on any atom is -0.369 e. The van der Waals surface area contributed by atoms with Crippen LogP contribution in [0.5, 0.6) is 0 Å². The topological polar surface area (TPSA) is 61.7 Å². The van der Waals surface area contributed by atoms with E-state index in [4.69, 9.17) is 5.73 Å². The smallest absolute Gasteiger partial charge is 0.201 e. The fourth-order valence-electron chi connectivity index (χ4n) is 2.47. The number of halogens is 1. The molecule has 0 aliphatic heterocycles. The summed E-state index contributed by atoms with van der Waals surface area (Å²) in [6.45, 7) is 2.82. The van der Waals surface area contributed by atoms with E-state index in [9.17, 15) is 0 Å². The Morgan fingerprint density at radius 1 is 1.35 bits per heavy atom. The molecule has 0 amide bonds. The summed E-state index contributed by atoms with van der Waals surface area (Å²) >= 11 is 2.28. The summed E-state index contributed by atoms with van der Waals surface area (Å²) in [6, 6.07) is 6.19. The number of hydrogen-bond donors (Lipinski definition) is 1. The third-order valence-corrected chi connectivity index (χ3v) is 4.07. The van der Waals surface area contributed by atoms with Gasteiger partial charge in [-0.25, -0.2) is 4.98 Å². The average Bonchev–Trinajstić information content (AvgIpc) is 2.90. The molecule has 0 aliphatic rings. The van der Waals surface area contributed by atoms with E-state index in [1.165, 1.54) is 5.56 Å². The van der Waals surface area contributed by atoms with Crippen LogP contribution >= 0.6 is 22.6 Å². The molecule has 104 valence electrons. The van der Waals surface area contributed by atoms with E-state index >= 15 is 0 Å². The van der Waals surface area contributed by atoms with Gasteiger partial charge >= 0.3 is 0 Å². The molecular formula is C14H16IN5. The lowest BCUT2D eigenvalue weighted by molar-refractivity contribution is 0.746. The van der Waals surface area contributed by atoms with Crippen LogP contribution in [0.2, 0.25) is 0 Å². The van der Waals surface area contributed by atoms with Gasteiger partial charge in [-0.15, -0.1) is 0 Å². The van der Waals surface area contributed by atoms with Crippen LogP contribution in [0.1, 0.15) is 18.2 Å². The summed E-state index contributed by atoms with van der Waals surface area (Å²) < 4.78 is 5.06. The Bertz CT molecular complexity index is 771. The van der Waals surface area contributed by atoms with Crippen molar-refractivity contribution < 1.29 is 0 Å². The Hall–Kier alpha value is -1.57. The molecule has 20 heavy (non-hydrogen) atoms. The second kappa shape index (κ2) is 5.08. The van der Waals surface area contributed by atoms with Gasteiger partial charge in [0.25, 0.3) is 0 Å². The van der Waals surface area contributed by atoms with Crippen LogP contribution in [-0.2, 0) is 20.0 Å². The summed E-state index contributed by atoms with van der Waals surface area (Å²) in [5.41, 5.74) is 10.4. The van der Waals surface area contributed by atoms with Crippen LogP contribution < -0.4 is 5.73 Å². The normalized spacial score (nSPS) is 11.3. The number of aromatic nitrogens is 4. The van der Waals surface area contributed by atoms with E-state index in [1.807, 2.05) is 22.4 Å². The van der Waals surface area contributed by atoms with Crippen LogP contribution in [0.4, 0.5) is 5.95 Å². The number of anilines is 1. The van der Waals surface area contributed by atoms with Gasteiger partial charge in [-0.2, -0.15) is 5.10 Å². The van der Waals surface area contributed by atoms with E-state index in [0.717, 1.165) is 26.7 Å². The summed E-state index contributed by atoms with van der Waals surface area (Å²) in [6.07, 6.45) is 2.97. The van der Waals surface area contributed by atoms with Crippen molar-refractivity contribution in [3.63, 3.8) is 0 Å². The molecule has 0 fully saturated rings. The molecule has 0 bridgehead atoms. The van der Waals surface area contributed by atoms with Gasteiger partial charge < -0.3 is 10.3 Å². The molecule has 3 rings (SSSR count). The highest BCUT2D eigenvalue weighted by atomic mass is 127. The average molecular weight is 381 g/mol. The van der Waals surface area contributed by atoms with Gasteiger partial charge in [0.1, 0.15) is 0 Å². The highest BCUT2D eigenvalue weighted by molar-refractivity contribution is 14.1. The van der Waals surface area contributed by atoms with Crippen LogP contribution in [0.25, 0.3) is 11.0 Å². The van der Waals surface area contributed by atoms with Crippen LogP contribution in [-0.4, -0.2) is 19.3 Å². The van der Waals surface area contributed by atoms with Crippen molar-refractivity contribution in [3.8, 4) is 0 Å². The Labute approximate surface area is 130 Å².